The third-order valence-electron chi connectivity index (χ3n) is 8.66. The van der Waals surface area contributed by atoms with Gasteiger partial charge in [-0.15, -0.1) is 21.9 Å². The molecule has 0 fully saturated rings. The molecule has 0 aliphatic rings. The molecule has 0 saturated heterocycles. The summed E-state index contributed by atoms with van der Waals surface area (Å²) in [5.41, 5.74) is -11.6. The quantitative estimate of drug-likeness (QED) is 0.0402. The van der Waals surface area contributed by atoms with Gasteiger partial charge >= 0.3 is 0 Å². The summed E-state index contributed by atoms with van der Waals surface area (Å²) in [6.07, 6.45) is -5.31. The summed E-state index contributed by atoms with van der Waals surface area (Å²) in [4.78, 5) is 11.7. The lowest BCUT2D eigenvalue weighted by Crippen LogP contribution is -2.81. The lowest BCUT2D eigenvalue weighted by molar-refractivity contribution is -0.678. The fourth-order valence-corrected chi connectivity index (χ4v) is 6.71. The Morgan fingerprint density at radius 2 is 0.661 bits per heavy atom. The predicted octanol–water partition coefficient (Wildman–Crippen LogP) is 7.76. The molecule has 310 valence electrons. The predicted molar refractivity (Wildman–Crippen MR) is 165 cm³/mol. The number of hydrogen-bond acceptors (Lipinski definition) is 2. The first-order valence-corrected chi connectivity index (χ1v) is 16.2. The molecule has 0 N–H and O–H groups in total. The number of ketones is 1. The van der Waals surface area contributed by atoms with Crippen molar-refractivity contribution >= 4 is 45.1 Å². The number of hydrogen-bond donors (Lipinski definition) is 0. The molecule has 0 amide bonds. The Hall–Kier alpha value is -5.94. The molecule has 1 heterocycles. The van der Waals surface area contributed by atoms with E-state index in [2.05, 4.69) is 0 Å². The highest BCUT2D eigenvalue weighted by Gasteiger charge is 2.52. The molecule has 5 aromatic carbocycles. The van der Waals surface area contributed by atoms with Gasteiger partial charge in [0.05, 0.1) is 5.38 Å². The molecular formula is C35H10BF20NOS. The van der Waals surface area contributed by atoms with Crippen LogP contribution in [0.1, 0.15) is 10.4 Å². The Morgan fingerprint density at radius 1 is 0.407 bits per heavy atom. The average molecular weight is 883 g/mol. The van der Waals surface area contributed by atoms with Gasteiger partial charge in [0, 0.05) is 5.56 Å². The monoisotopic (exact) mass is 883 g/mol. The summed E-state index contributed by atoms with van der Waals surface area (Å²) in [6.45, 7) is 0.424. The summed E-state index contributed by atoms with van der Waals surface area (Å²) in [7, 11) is 0. The number of thiazole rings is 1. The van der Waals surface area contributed by atoms with Crippen LogP contribution in [0.25, 0.3) is 0 Å². The number of halogens is 20. The van der Waals surface area contributed by atoms with Gasteiger partial charge in [-0.3, -0.25) is 4.79 Å². The molecular weight excluding hydrogens is 873 g/mol. The second-order valence-electron chi connectivity index (χ2n) is 11.8. The Kier molecular flexibility index (Phi) is 12.3. The number of rotatable bonds is 7. The van der Waals surface area contributed by atoms with Crippen molar-refractivity contribution in [3.05, 3.63) is 169 Å². The van der Waals surface area contributed by atoms with E-state index in [0.717, 1.165) is 5.56 Å². The van der Waals surface area contributed by atoms with Crippen molar-refractivity contribution in [3.8, 4) is 0 Å². The number of Topliss-reactive ketones (excluding diaryl/α,β-unsaturated/α-hetero) is 1. The fraction of sp³-hybridized carbons (Fsp3) is 0.0286. The van der Waals surface area contributed by atoms with Crippen LogP contribution in [0.4, 0.5) is 87.8 Å². The number of carbonyl (C=O) groups is 1. The van der Waals surface area contributed by atoms with Crippen molar-refractivity contribution in [2.45, 2.75) is 6.54 Å². The van der Waals surface area contributed by atoms with Crippen molar-refractivity contribution in [2.75, 3.05) is 0 Å². The van der Waals surface area contributed by atoms with E-state index in [1.807, 2.05) is 52.0 Å². The average Bonchev–Trinajstić information content (AvgIpc) is 3.74. The SMILES string of the molecule is Fc1c(F)c(F)c([B-](c2c(F)c(F)c(F)c(F)c2F)(c2c(F)c(F)c(F)c(F)c2F)c2c(F)c(F)c(F)c(F)c2F)c(F)c1F.O=C(C[n+]1ccsc1)c1ccccc1. The third kappa shape index (κ3) is 6.95. The van der Waals surface area contributed by atoms with Gasteiger partial charge in [-0.05, 0) is 0 Å². The van der Waals surface area contributed by atoms with E-state index in [4.69, 9.17) is 0 Å². The first kappa shape index (κ1) is 44.2. The molecule has 0 unspecified atom stereocenters. The number of aromatic nitrogens is 1. The Morgan fingerprint density at radius 3 is 0.898 bits per heavy atom. The van der Waals surface area contributed by atoms with Crippen molar-refractivity contribution in [1.29, 1.82) is 0 Å². The molecule has 59 heavy (non-hydrogen) atoms. The minimum Gasteiger partial charge on any atom is -0.287 e. The molecule has 0 aliphatic carbocycles. The zero-order chi connectivity index (χ0) is 44.2. The Bertz CT molecular complexity index is 2280. The smallest absolute Gasteiger partial charge is 0.227 e. The van der Waals surface area contributed by atoms with E-state index in [0.29, 0.717) is 6.54 Å². The highest BCUT2D eigenvalue weighted by atomic mass is 32.1. The zero-order valence-electron chi connectivity index (χ0n) is 27.7. The lowest BCUT2D eigenvalue weighted by Gasteiger charge is -2.44. The zero-order valence-corrected chi connectivity index (χ0v) is 28.5. The maximum absolute atomic E-state index is 15.4. The van der Waals surface area contributed by atoms with Gasteiger partial charge in [-0.2, -0.15) is 4.57 Å². The number of carbonyl (C=O) groups excluding carboxylic acids is 1. The van der Waals surface area contributed by atoms with Crippen molar-refractivity contribution in [2.24, 2.45) is 0 Å². The summed E-state index contributed by atoms with van der Waals surface area (Å²) in [5, 5.41) is 1.96. The molecule has 0 spiro atoms. The van der Waals surface area contributed by atoms with Gasteiger partial charge in [0.15, 0.2) is 76.0 Å². The molecule has 6 rings (SSSR count). The molecule has 0 bridgehead atoms. The Balaban J connectivity index is 0.000000395. The molecule has 0 atom stereocenters. The third-order valence-corrected chi connectivity index (χ3v) is 9.33. The lowest BCUT2D eigenvalue weighted by atomic mass is 9.12. The van der Waals surface area contributed by atoms with Crippen LogP contribution in [-0.2, 0) is 6.54 Å². The van der Waals surface area contributed by atoms with E-state index in [1.165, 1.54) is 0 Å². The van der Waals surface area contributed by atoms with E-state index in [-0.39, 0.29) is 5.78 Å². The van der Waals surface area contributed by atoms with Crippen LogP contribution in [0.15, 0.2) is 47.4 Å². The summed E-state index contributed by atoms with van der Waals surface area (Å²) < 4.78 is 296. The van der Waals surface area contributed by atoms with E-state index < -0.39 is 144 Å². The first-order valence-electron chi connectivity index (χ1n) is 15.3. The molecule has 0 saturated carbocycles. The number of benzene rings is 5. The van der Waals surface area contributed by atoms with Crippen molar-refractivity contribution in [1.82, 2.24) is 0 Å². The molecule has 6 aromatic rings. The second kappa shape index (κ2) is 16.4. The maximum Gasteiger partial charge on any atom is 0.227 e. The molecule has 24 heteroatoms. The van der Waals surface area contributed by atoms with Gasteiger partial charge in [-0.1, -0.05) is 41.7 Å². The normalized spacial score (nSPS) is 11.5. The fourth-order valence-electron chi connectivity index (χ4n) is 6.11. The highest BCUT2D eigenvalue weighted by molar-refractivity contribution is 7.20. The van der Waals surface area contributed by atoms with Crippen LogP contribution in [0.5, 0.6) is 0 Å². The number of nitrogens with zero attached hydrogens (tertiary/aromatic N) is 1. The van der Waals surface area contributed by atoms with Crippen LogP contribution >= 0.6 is 11.3 Å². The van der Waals surface area contributed by atoms with Gasteiger partial charge in [0.2, 0.25) is 17.8 Å². The van der Waals surface area contributed by atoms with E-state index in [9.17, 15) is 57.5 Å². The standard InChI is InChI=1S/C24BF20.C11H10NOS/c26-5-1(6(27)14(35)21(42)13(5)34)25(2-7(28)15(36)22(43)16(37)8(2)29,3-9(30)17(38)23(44)18(39)10(3)31)4-11(32)19(40)24(45)20(41)12(4)33;13-11(8-12-6-7-14-9-12)10-4-2-1-3-5-10/h;1-7,9H,8H2/q-1;+1. The molecule has 0 radical (unpaired) electrons. The Labute approximate surface area is 318 Å². The molecule has 1 aromatic heterocycles. The van der Waals surface area contributed by atoms with Crippen LogP contribution in [0.3, 0.4) is 0 Å². The van der Waals surface area contributed by atoms with E-state index in [1.54, 1.807) is 11.3 Å². The van der Waals surface area contributed by atoms with Gasteiger partial charge < -0.3 is 0 Å². The van der Waals surface area contributed by atoms with Gasteiger partial charge in [0.1, 0.15) is 52.7 Å². The minimum atomic E-state index is -7.22. The van der Waals surface area contributed by atoms with Gasteiger partial charge in [0.25, 0.3) is 0 Å². The van der Waals surface area contributed by atoms with Gasteiger partial charge in [-0.25, -0.2) is 87.8 Å². The van der Waals surface area contributed by atoms with Crippen LogP contribution < -0.4 is 26.4 Å². The van der Waals surface area contributed by atoms with Crippen molar-refractivity contribution in [3.63, 3.8) is 0 Å². The first-order chi connectivity index (χ1) is 27.6. The van der Waals surface area contributed by atoms with Crippen LogP contribution in [-0.4, -0.2) is 11.9 Å². The topological polar surface area (TPSA) is 20.9 Å². The van der Waals surface area contributed by atoms with E-state index >= 15 is 35.1 Å². The van der Waals surface area contributed by atoms with Crippen molar-refractivity contribution < 1.29 is 97.2 Å². The summed E-state index contributed by atoms with van der Waals surface area (Å²) in [6, 6.07) is 9.36. The largest absolute Gasteiger partial charge is 0.287 e. The summed E-state index contributed by atoms with van der Waals surface area (Å²) in [5.74, 6) is -71.3. The summed E-state index contributed by atoms with van der Waals surface area (Å²) >= 11 is 1.59. The minimum absolute atomic E-state index is 0.147. The van der Waals surface area contributed by atoms with Crippen LogP contribution in [0.2, 0.25) is 0 Å². The molecule has 2 nitrogen and oxygen atoms in total. The second-order valence-corrected chi connectivity index (χ2v) is 12.5. The highest BCUT2D eigenvalue weighted by Crippen LogP contribution is 2.30. The molecule has 0 aliphatic heterocycles. The maximum atomic E-state index is 15.4. The van der Waals surface area contributed by atoms with Crippen LogP contribution in [0, 0.1) is 116 Å².